The van der Waals surface area contributed by atoms with Crippen LogP contribution in [0.25, 0.3) is 10.2 Å². The van der Waals surface area contributed by atoms with E-state index in [1.165, 1.54) is 12.1 Å². The van der Waals surface area contributed by atoms with E-state index in [4.69, 9.17) is 0 Å². The number of nitrogens with zero attached hydrogens (tertiary/aromatic N) is 1. The summed E-state index contributed by atoms with van der Waals surface area (Å²) in [5.74, 6) is -0.0624. The minimum Gasteiger partial charge on any atom is -0.349 e. The summed E-state index contributed by atoms with van der Waals surface area (Å²) in [5.41, 5.74) is 1.90. The predicted octanol–water partition coefficient (Wildman–Crippen LogP) is 4.88. The smallest absolute Gasteiger partial charge is 0.220 e. The molecule has 0 bridgehead atoms. The number of rotatable bonds is 6. The first-order valence-electron chi connectivity index (χ1n) is 8.42. The standard InChI is InChI=1S/C20H21FN2OS/c1-13(2)20(14-7-9-15(21)10-8-14)23-18(24)11-12-19-22-16-5-3-4-6-17(16)25-19/h3-10,13,20H,11-12H2,1-2H3,(H,23,24). The molecule has 0 spiro atoms. The summed E-state index contributed by atoms with van der Waals surface area (Å²) in [6.07, 6.45) is 1.02. The molecule has 5 heteroatoms. The zero-order valence-electron chi connectivity index (χ0n) is 14.3. The van der Waals surface area contributed by atoms with Gasteiger partial charge in [-0.2, -0.15) is 0 Å². The van der Waals surface area contributed by atoms with Gasteiger partial charge in [0.05, 0.1) is 21.3 Å². The molecular formula is C20H21FN2OS. The molecule has 0 aliphatic rings. The van der Waals surface area contributed by atoms with E-state index in [1.54, 1.807) is 23.5 Å². The fourth-order valence-corrected chi connectivity index (χ4v) is 3.76. The number of nitrogens with one attached hydrogen (secondary N) is 1. The number of aryl methyl sites for hydroxylation is 1. The second-order valence-corrected chi connectivity index (χ2v) is 7.53. The highest BCUT2D eigenvalue weighted by molar-refractivity contribution is 7.18. The molecule has 0 aliphatic carbocycles. The average Bonchev–Trinajstić information content (AvgIpc) is 3.01. The Hall–Kier alpha value is -2.27. The number of amides is 1. The maximum atomic E-state index is 13.1. The summed E-state index contributed by atoms with van der Waals surface area (Å²) < 4.78 is 14.3. The number of carbonyl (C=O) groups excluding carboxylic acids is 1. The number of halogens is 1. The van der Waals surface area contributed by atoms with Crippen LogP contribution in [0.5, 0.6) is 0 Å². The van der Waals surface area contributed by atoms with Crippen molar-refractivity contribution in [2.24, 2.45) is 5.92 Å². The molecule has 3 nitrogen and oxygen atoms in total. The van der Waals surface area contributed by atoms with Gasteiger partial charge in [0.15, 0.2) is 0 Å². The monoisotopic (exact) mass is 356 g/mol. The second kappa shape index (κ2) is 7.74. The molecular weight excluding hydrogens is 335 g/mol. The van der Waals surface area contributed by atoms with Gasteiger partial charge in [-0.3, -0.25) is 4.79 Å². The van der Waals surface area contributed by atoms with E-state index in [2.05, 4.69) is 10.3 Å². The van der Waals surface area contributed by atoms with Crippen LogP contribution >= 0.6 is 11.3 Å². The van der Waals surface area contributed by atoms with Gasteiger partial charge in [0.25, 0.3) is 0 Å². The van der Waals surface area contributed by atoms with Crippen molar-refractivity contribution in [1.82, 2.24) is 10.3 Å². The highest BCUT2D eigenvalue weighted by Crippen LogP contribution is 2.24. The van der Waals surface area contributed by atoms with Crippen LogP contribution in [0.1, 0.15) is 36.9 Å². The third kappa shape index (κ3) is 4.42. The van der Waals surface area contributed by atoms with Crippen LogP contribution in [0, 0.1) is 11.7 Å². The van der Waals surface area contributed by atoms with Crippen molar-refractivity contribution < 1.29 is 9.18 Å². The first kappa shape index (κ1) is 17.5. The molecule has 0 fully saturated rings. The van der Waals surface area contributed by atoms with E-state index in [9.17, 15) is 9.18 Å². The molecule has 2 aromatic carbocycles. The Bertz CT molecular complexity index is 825. The Morgan fingerprint density at radius 1 is 1.16 bits per heavy atom. The maximum Gasteiger partial charge on any atom is 0.220 e. The summed E-state index contributed by atoms with van der Waals surface area (Å²) in [4.78, 5) is 16.9. The van der Waals surface area contributed by atoms with Gasteiger partial charge in [0.1, 0.15) is 5.82 Å². The van der Waals surface area contributed by atoms with Crippen molar-refractivity contribution >= 4 is 27.5 Å². The molecule has 3 aromatic rings. The van der Waals surface area contributed by atoms with E-state index in [1.807, 2.05) is 38.1 Å². The Morgan fingerprint density at radius 2 is 1.88 bits per heavy atom. The summed E-state index contributed by atoms with van der Waals surface area (Å²) in [6, 6.07) is 14.2. The summed E-state index contributed by atoms with van der Waals surface area (Å²) in [5, 5.41) is 4.04. The number of carbonyl (C=O) groups is 1. The Morgan fingerprint density at radius 3 is 2.56 bits per heavy atom. The number of hydrogen-bond donors (Lipinski definition) is 1. The van der Waals surface area contributed by atoms with Gasteiger partial charge in [-0.25, -0.2) is 9.37 Å². The first-order valence-corrected chi connectivity index (χ1v) is 9.24. The molecule has 1 atom stereocenters. The summed E-state index contributed by atoms with van der Waals surface area (Å²) >= 11 is 1.63. The highest BCUT2D eigenvalue weighted by Gasteiger charge is 2.18. The number of hydrogen-bond acceptors (Lipinski definition) is 3. The Kier molecular flexibility index (Phi) is 5.43. The third-order valence-corrected chi connectivity index (χ3v) is 5.21. The SMILES string of the molecule is CC(C)C(NC(=O)CCc1nc2ccccc2s1)c1ccc(F)cc1. The Balaban J connectivity index is 1.62. The van der Waals surface area contributed by atoms with E-state index in [-0.39, 0.29) is 23.7 Å². The number of fused-ring (bicyclic) bond motifs is 1. The molecule has 0 saturated carbocycles. The zero-order chi connectivity index (χ0) is 17.8. The van der Waals surface area contributed by atoms with Gasteiger partial charge in [-0.1, -0.05) is 38.1 Å². The zero-order valence-corrected chi connectivity index (χ0v) is 15.1. The molecule has 25 heavy (non-hydrogen) atoms. The maximum absolute atomic E-state index is 13.1. The molecule has 0 aliphatic heterocycles. The van der Waals surface area contributed by atoms with Crippen molar-refractivity contribution in [3.05, 3.63) is 64.9 Å². The van der Waals surface area contributed by atoms with Crippen molar-refractivity contribution in [2.75, 3.05) is 0 Å². The van der Waals surface area contributed by atoms with Crippen molar-refractivity contribution in [2.45, 2.75) is 32.7 Å². The second-order valence-electron chi connectivity index (χ2n) is 6.42. The first-order chi connectivity index (χ1) is 12.0. The van der Waals surface area contributed by atoms with Crippen LogP contribution in [0.2, 0.25) is 0 Å². The fraction of sp³-hybridized carbons (Fsp3) is 0.300. The van der Waals surface area contributed by atoms with Crippen molar-refractivity contribution in [1.29, 1.82) is 0 Å². The summed E-state index contributed by atoms with van der Waals surface area (Å²) in [6.45, 7) is 4.09. The third-order valence-electron chi connectivity index (χ3n) is 4.12. The van der Waals surface area contributed by atoms with Gasteiger partial charge < -0.3 is 5.32 Å². The number of para-hydroxylation sites is 1. The number of benzene rings is 2. The lowest BCUT2D eigenvalue weighted by atomic mass is 9.96. The number of thiazole rings is 1. The molecule has 130 valence electrons. The largest absolute Gasteiger partial charge is 0.349 e. The van der Waals surface area contributed by atoms with Crippen molar-refractivity contribution in [3.63, 3.8) is 0 Å². The lowest BCUT2D eigenvalue weighted by Gasteiger charge is -2.23. The van der Waals surface area contributed by atoms with Crippen LogP contribution in [-0.4, -0.2) is 10.9 Å². The molecule has 1 amide bonds. The lowest BCUT2D eigenvalue weighted by Crippen LogP contribution is -2.31. The van der Waals surface area contributed by atoms with Crippen LogP contribution in [0.3, 0.4) is 0 Å². The molecule has 3 rings (SSSR count). The number of aromatic nitrogens is 1. The minimum atomic E-state index is -0.270. The van der Waals surface area contributed by atoms with Crippen LogP contribution < -0.4 is 5.32 Å². The molecule has 1 heterocycles. The van der Waals surface area contributed by atoms with Gasteiger partial charge in [-0.05, 0) is 35.7 Å². The van der Waals surface area contributed by atoms with E-state index < -0.39 is 0 Å². The van der Waals surface area contributed by atoms with Gasteiger partial charge in [0.2, 0.25) is 5.91 Å². The Labute approximate surface area is 150 Å². The van der Waals surface area contributed by atoms with Crippen LogP contribution in [0.15, 0.2) is 48.5 Å². The van der Waals surface area contributed by atoms with Crippen LogP contribution in [0.4, 0.5) is 4.39 Å². The van der Waals surface area contributed by atoms with Crippen molar-refractivity contribution in [3.8, 4) is 0 Å². The topological polar surface area (TPSA) is 42.0 Å². The molecule has 1 N–H and O–H groups in total. The van der Waals surface area contributed by atoms with E-state index in [0.717, 1.165) is 20.8 Å². The summed E-state index contributed by atoms with van der Waals surface area (Å²) in [7, 11) is 0. The van der Waals surface area contributed by atoms with E-state index in [0.29, 0.717) is 12.8 Å². The quantitative estimate of drug-likeness (QED) is 0.684. The van der Waals surface area contributed by atoms with Gasteiger partial charge in [-0.15, -0.1) is 11.3 Å². The highest BCUT2D eigenvalue weighted by atomic mass is 32.1. The lowest BCUT2D eigenvalue weighted by molar-refractivity contribution is -0.122. The average molecular weight is 356 g/mol. The molecule has 0 radical (unpaired) electrons. The van der Waals surface area contributed by atoms with Gasteiger partial charge >= 0.3 is 0 Å². The molecule has 1 unspecified atom stereocenters. The molecule has 1 aromatic heterocycles. The predicted molar refractivity (Wildman–Crippen MR) is 100 cm³/mol. The fourth-order valence-electron chi connectivity index (χ4n) is 2.80. The molecule has 0 saturated heterocycles. The minimum absolute atomic E-state index is 0.0118. The normalized spacial score (nSPS) is 12.5. The van der Waals surface area contributed by atoms with E-state index >= 15 is 0 Å². The van der Waals surface area contributed by atoms with Gasteiger partial charge in [0, 0.05) is 12.8 Å². The van der Waals surface area contributed by atoms with Crippen LogP contribution in [-0.2, 0) is 11.2 Å².